The number of methoxy groups -OCH3 is 1. The minimum Gasteiger partial charge on any atom is -0.497 e. The third-order valence-corrected chi connectivity index (χ3v) is 2.53. The molecule has 2 aromatic rings. The summed E-state index contributed by atoms with van der Waals surface area (Å²) in [6.07, 6.45) is 1.54. The van der Waals surface area contributed by atoms with Crippen LogP contribution in [0.3, 0.4) is 0 Å². The Bertz CT molecular complexity index is 499. The molecule has 1 N–H and O–H groups in total. The van der Waals surface area contributed by atoms with Crippen molar-refractivity contribution in [2.75, 3.05) is 7.11 Å². The predicted octanol–water partition coefficient (Wildman–Crippen LogP) is 2.31. The molecule has 1 heterocycles. The molecule has 0 aliphatic heterocycles. The van der Waals surface area contributed by atoms with Crippen molar-refractivity contribution in [2.24, 2.45) is 0 Å². The smallest absolute Gasteiger partial charge is 0.147 e. The summed E-state index contributed by atoms with van der Waals surface area (Å²) < 4.78 is 18.4. The predicted molar refractivity (Wildman–Crippen MR) is 61.3 cm³/mol. The summed E-state index contributed by atoms with van der Waals surface area (Å²) in [5.41, 5.74) is 0.820. The Labute approximate surface area is 98.5 Å². The highest BCUT2D eigenvalue weighted by Gasteiger charge is 2.14. The van der Waals surface area contributed by atoms with Crippen LogP contribution < -0.4 is 4.74 Å². The molecule has 1 atom stereocenters. The van der Waals surface area contributed by atoms with Crippen LogP contribution in [-0.2, 0) is 0 Å². The maximum atomic E-state index is 13.4. The Hall–Kier alpha value is -1.94. The zero-order valence-electron chi connectivity index (χ0n) is 9.30. The number of pyridine rings is 1. The van der Waals surface area contributed by atoms with Crippen molar-refractivity contribution in [3.63, 3.8) is 0 Å². The molecular weight excluding hydrogens is 221 g/mol. The highest BCUT2D eigenvalue weighted by atomic mass is 19.1. The first-order valence-corrected chi connectivity index (χ1v) is 5.14. The standard InChI is InChI=1S/C13H12FNO2/c1-17-10-4-2-9(3-5-10)13(16)11-6-7-15-8-12(11)14/h2-8,13,16H,1H3. The third kappa shape index (κ3) is 2.42. The number of aliphatic hydroxyl groups excluding tert-OH is 1. The molecule has 3 nitrogen and oxygen atoms in total. The summed E-state index contributed by atoms with van der Waals surface area (Å²) in [5.74, 6) is 0.173. The van der Waals surface area contributed by atoms with Gasteiger partial charge in [-0.05, 0) is 23.8 Å². The van der Waals surface area contributed by atoms with E-state index in [1.54, 1.807) is 31.4 Å². The molecule has 17 heavy (non-hydrogen) atoms. The van der Waals surface area contributed by atoms with Crippen LogP contribution in [0.1, 0.15) is 17.2 Å². The van der Waals surface area contributed by atoms with E-state index in [-0.39, 0.29) is 5.56 Å². The molecule has 0 aliphatic rings. The van der Waals surface area contributed by atoms with E-state index < -0.39 is 11.9 Å². The zero-order chi connectivity index (χ0) is 12.3. The molecule has 1 aromatic carbocycles. The van der Waals surface area contributed by atoms with Crippen LogP contribution >= 0.6 is 0 Å². The largest absolute Gasteiger partial charge is 0.497 e. The quantitative estimate of drug-likeness (QED) is 0.884. The number of aromatic nitrogens is 1. The van der Waals surface area contributed by atoms with Gasteiger partial charge in [0.05, 0.1) is 13.3 Å². The average molecular weight is 233 g/mol. The molecule has 1 unspecified atom stereocenters. The van der Waals surface area contributed by atoms with Crippen molar-refractivity contribution in [1.82, 2.24) is 4.98 Å². The second-order valence-electron chi connectivity index (χ2n) is 3.57. The van der Waals surface area contributed by atoms with Gasteiger partial charge in [0.1, 0.15) is 17.7 Å². The van der Waals surface area contributed by atoms with Crippen LogP contribution in [0.15, 0.2) is 42.7 Å². The van der Waals surface area contributed by atoms with Gasteiger partial charge in [-0.3, -0.25) is 4.98 Å². The molecule has 0 aliphatic carbocycles. The normalized spacial score (nSPS) is 12.2. The Balaban J connectivity index is 2.30. The minimum atomic E-state index is -0.996. The number of hydrogen-bond donors (Lipinski definition) is 1. The van der Waals surface area contributed by atoms with Gasteiger partial charge < -0.3 is 9.84 Å². The minimum absolute atomic E-state index is 0.213. The lowest BCUT2D eigenvalue weighted by Gasteiger charge is -2.12. The monoisotopic (exact) mass is 233 g/mol. The van der Waals surface area contributed by atoms with Crippen molar-refractivity contribution in [3.8, 4) is 5.75 Å². The fourth-order valence-electron chi connectivity index (χ4n) is 1.57. The van der Waals surface area contributed by atoms with Crippen LogP contribution in [-0.4, -0.2) is 17.2 Å². The van der Waals surface area contributed by atoms with E-state index in [1.807, 2.05) is 0 Å². The Morgan fingerprint density at radius 3 is 2.53 bits per heavy atom. The van der Waals surface area contributed by atoms with E-state index in [0.717, 1.165) is 6.20 Å². The van der Waals surface area contributed by atoms with E-state index in [0.29, 0.717) is 11.3 Å². The number of benzene rings is 1. The highest BCUT2D eigenvalue weighted by molar-refractivity contribution is 5.33. The van der Waals surface area contributed by atoms with Gasteiger partial charge in [0.2, 0.25) is 0 Å². The molecule has 0 radical (unpaired) electrons. The Morgan fingerprint density at radius 2 is 1.94 bits per heavy atom. The third-order valence-electron chi connectivity index (χ3n) is 2.53. The van der Waals surface area contributed by atoms with Gasteiger partial charge in [0.15, 0.2) is 0 Å². The van der Waals surface area contributed by atoms with E-state index >= 15 is 0 Å². The van der Waals surface area contributed by atoms with Crippen molar-refractivity contribution in [2.45, 2.75) is 6.10 Å². The molecule has 2 rings (SSSR count). The van der Waals surface area contributed by atoms with E-state index in [2.05, 4.69) is 4.98 Å². The van der Waals surface area contributed by atoms with Gasteiger partial charge in [0, 0.05) is 11.8 Å². The summed E-state index contributed by atoms with van der Waals surface area (Å²) in [6.45, 7) is 0. The number of halogens is 1. The molecule has 4 heteroatoms. The van der Waals surface area contributed by atoms with Crippen LogP contribution in [0.25, 0.3) is 0 Å². The molecule has 0 spiro atoms. The van der Waals surface area contributed by atoms with E-state index in [4.69, 9.17) is 4.74 Å². The molecule has 0 amide bonds. The van der Waals surface area contributed by atoms with Gasteiger partial charge in [0.25, 0.3) is 0 Å². The first-order valence-electron chi connectivity index (χ1n) is 5.14. The lowest BCUT2D eigenvalue weighted by atomic mass is 10.0. The number of hydrogen-bond acceptors (Lipinski definition) is 3. The molecule has 0 bridgehead atoms. The lowest BCUT2D eigenvalue weighted by Crippen LogP contribution is -2.02. The summed E-state index contributed by atoms with van der Waals surface area (Å²) in [4.78, 5) is 3.64. The van der Waals surface area contributed by atoms with Crippen LogP contribution in [0, 0.1) is 5.82 Å². The summed E-state index contributed by atoms with van der Waals surface area (Å²) >= 11 is 0. The van der Waals surface area contributed by atoms with Crippen molar-refractivity contribution in [3.05, 3.63) is 59.7 Å². The first-order chi connectivity index (χ1) is 8.22. The van der Waals surface area contributed by atoms with E-state index in [1.165, 1.54) is 12.3 Å². The summed E-state index contributed by atoms with van der Waals surface area (Å²) in [7, 11) is 1.56. The number of ether oxygens (including phenoxy) is 1. The molecule has 0 saturated carbocycles. The molecule has 1 aromatic heterocycles. The van der Waals surface area contributed by atoms with Gasteiger partial charge in [-0.15, -0.1) is 0 Å². The maximum absolute atomic E-state index is 13.4. The SMILES string of the molecule is COc1ccc(C(O)c2ccncc2F)cc1. The van der Waals surface area contributed by atoms with Gasteiger partial charge in [-0.1, -0.05) is 12.1 Å². The Kier molecular flexibility index (Phi) is 3.35. The fraction of sp³-hybridized carbons (Fsp3) is 0.154. The average Bonchev–Trinajstić information content (AvgIpc) is 2.39. The topological polar surface area (TPSA) is 42.4 Å². The molecule has 0 fully saturated rings. The van der Waals surface area contributed by atoms with Gasteiger partial charge in [-0.2, -0.15) is 0 Å². The highest BCUT2D eigenvalue weighted by Crippen LogP contribution is 2.25. The lowest BCUT2D eigenvalue weighted by molar-refractivity contribution is 0.214. The Morgan fingerprint density at radius 1 is 1.24 bits per heavy atom. The van der Waals surface area contributed by atoms with Crippen molar-refractivity contribution >= 4 is 0 Å². The molecule has 0 saturated heterocycles. The van der Waals surface area contributed by atoms with Crippen LogP contribution in [0.2, 0.25) is 0 Å². The number of nitrogens with zero attached hydrogens (tertiary/aromatic N) is 1. The van der Waals surface area contributed by atoms with Gasteiger partial charge >= 0.3 is 0 Å². The summed E-state index contributed by atoms with van der Waals surface area (Å²) in [5, 5.41) is 10.0. The molecule has 88 valence electrons. The number of rotatable bonds is 3. The fourth-order valence-corrected chi connectivity index (χ4v) is 1.57. The maximum Gasteiger partial charge on any atom is 0.147 e. The second kappa shape index (κ2) is 4.93. The molecular formula is C13H12FNO2. The van der Waals surface area contributed by atoms with E-state index in [9.17, 15) is 9.50 Å². The van der Waals surface area contributed by atoms with Gasteiger partial charge in [-0.25, -0.2) is 4.39 Å². The summed E-state index contributed by atoms with van der Waals surface area (Å²) in [6, 6.07) is 8.30. The van der Waals surface area contributed by atoms with Crippen molar-refractivity contribution < 1.29 is 14.2 Å². The zero-order valence-corrected chi connectivity index (χ0v) is 9.30. The first kappa shape index (κ1) is 11.5. The number of aliphatic hydroxyl groups is 1. The second-order valence-corrected chi connectivity index (χ2v) is 3.57. The van der Waals surface area contributed by atoms with Crippen LogP contribution in [0.5, 0.6) is 5.75 Å². The van der Waals surface area contributed by atoms with Crippen LogP contribution in [0.4, 0.5) is 4.39 Å². The van der Waals surface area contributed by atoms with Crippen molar-refractivity contribution in [1.29, 1.82) is 0 Å².